The Hall–Kier alpha value is -0.620. The average Bonchev–Trinajstić information content (AvgIpc) is 2.28. The molecule has 78 valence electrons. The number of fused-ring (bicyclic) bond motifs is 2. The van der Waals surface area contributed by atoms with Crippen molar-refractivity contribution >= 4 is 24.6 Å². The molecular formula is C10H7NaO4S. The summed E-state index contributed by atoms with van der Waals surface area (Å²) in [6, 6.07) is 4.46. The molecule has 2 rings (SSSR count). The molecule has 2 bridgehead atoms. The number of cyclic esters (lactones) is 2. The SMILES string of the molecule is O=C1OCCOC(=O)c2cc1ccc2[S-].[Na+]. The molecule has 0 saturated carbocycles. The van der Waals surface area contributed by atoms with Crippen molar-refractivity contribution in [2.24, 2.45) is 0 Å². The van der Waals surface area contributed by atoms with Gasteiger partial charge in [-0.15, -0.1) is 0 Å². The predicted molar refractivity (Wildman–Crippen MR) is 52.6 cm³/mol. The Morgan fingerprint density at radius 2 is 1.69 bits per heavy atom. The van der Waals surface area contributed by atoms with Gasteiger partial charge in [0.25, 0.3) is 0 Å². The Kier molecular flexibility index (Phi) is 4.73. The van der Waals surface area contributed by atoms with Crippen LogP contribution in [-0.4, -0.2) is 25.2 Å². The molecule has 1 aliphatic rings. The van der Waals surface area contributed by atoms with E-state index < -0.39 is 11.9 Å². The van der Waals surface area contributed by atoms with Gasteiger partial charge in [0.15, 0.2) is 0 Å². The number of esters is 2. The molecule has 1 heterocycles. The van der Waals surface area contributed by atoms with Crippen LogP contribution in [0.25, 0.3) is 0 Å². The summed E-state index contributed by atoms with van der Waals surface area (Å²) in [7, 11) is 0. The van der Waals surface area contributed by atoms with Gasteiger partial charge in [-0.1, -0.05) is 6.07 Å². The second-order valence-electron chi connectivity index (χ2n) is 2.98. The Balaban J connectivity index is 0.00000128. The van der Waals surface area contributed by atoms with Crippen LogP contribution in [0.4, 0.5) is 0 Å². The van der Waals surface area contributed by atoms with Crippen LogP contribution in [0.5, 0.6) is 0 Å². The molecule has 0 aliphatic carbocycles. The van der Waals surface area contributed by atoms with Gasteiger partial charge in [-0.05, 0) is 12.1 Å². The minimum absolute atomic E-state index is 0. The fourth-order valence-corrected chi connectivity index (χ4v) is 1.46. The van der Waals surface area contributed by atoms with E-state index in [-0.39, 0.29) is 48.3 Å². The number of hydrogen-bond acceptors (Lipinski definition) is 5. The predicted octanol–water partition coefficient (Wildman–Crippen LogP) is -2.08. The number of rotatable bonds is 0. The summed E-state index contributed by atoms with van der Waals surface area (Å²) in [5.41, 5.74) is 0.554. The Morgan fingerprint density at radius 1 is 1.06 bits per heavy atom. The number of ether oxygens (including phenoxy) is 2. The van der Waals surface area contributed by atoms with Gasteiger partial charge in [-0.3, -0.25) is 0 Å². The van der Waals surface area contributed by atoms with Gasteiger partial charge in [-0.2, -0.15) is 4.90 Å². The number of carbonyl (C=O) groups is 2. The van der Waals surface area contributed by atoms with Crippen LogP contribution < -0.4 is 29.6 Å². The minimum atomic E-state index is -0.514. The molecule has 4 nitrogen and oxygen atoms in total. The van der Waals surface area contributed by atoms with Crippen molar-refractivity contribution in [2.45, 2.75) is 4.90 Å². The molecule has 0 amide bonds. The summed E-state index contributed by atoms with van der Waals surface area (Å²) in [6.45, 7) is 0.119. The van der Waals surface area contributed by atoms with E-state index in [0.29, 0.717) is 10.5 Å². The van der Waals surface area contributed by atoms with Crippen LogP contribution in [0.15, 0.2) is 23.1 Å². The van der Waals surface area contributed by atoms with Crippen LogP contribution in [0.2, 0.25) is 0 Å². The molecule has 0 spiro atoms. The van der Waals surface area contributed by atoms with Crippen molar-refractivity contribution in [3.05, 3.63) is 29.3 Å². The van der Waals surface area contributed by atoms with Gasteiger partial charge in [0.1, 0.15) is 13.2 Å². The second kappa shape index (κ2) is 5.63. The molecule has 16 heavy (non-hydrogen) atoms. The summed E-state index contributed by atoms with van der Waals surface area (Å²) in [5, 5.41) is 0. The summed E-state index contributed by atoms with van der Waals surface area (Å²) >= 11 is 4.96. The van der Waals surface area contributed by atoms with Crippen molar-refractivity contribution < 1.29 is 48.6 Å². The largest absolute Gasteiger partial charge is 1.00 e. The van der Waals surface area contributed by atoms with E-state index in [1.54, 1.807) is 0 Å². The first-order valence-corrected chi connectivity index (χ1v) is 4.74. The van der Waals surface area contributed by atoms with E-state index in [1.807, 2.05) is 0 Å². The molecule has 1 aliphatic heterocycles. The maximum absolute atomic E-state index is 11.5. The summed E-state index contributed by atoms with van der Waals surface area (Å²) in [6.07, 6.45) is 0. The molecule has 1 aromatic rings. The monoisotopic (exact) mass is 246 g/mol. The van der Waals surface area contributed by atoms with Gasteiger partial charge in [-0.25, -0.2) is 9.59 Å². The van der Waals surface area contributed by atoms with Crippen LogP contribution in [0.1, 0.15) is 20.7 Å². The number of carbonyl (C=O) groups excluding carboxylic acids is 2. The molecule has 0 aromatic heterocycles. The zero-order valence-electron chi connectivity index (χ0n) is 8.69. The number of benzene rings is 1. The van der Waals surface area contributed by atoms with Gasteiger partial charge >= 0.3 is 41.5 Å². The van der Waals surface area contributed by atoms with Crippen LogP contribution in [-0.2, 0) is 22.1 Å². The molecule has 0 radical (unpaired) electrons. The van der Waals surface area contributed by atoms with Crippen LogP contribution >= 0.6 is 0 Å². The third kappa shape index (κ3) is 2.74. The second-order valence-corrected chi connectivity index (χ2v) is 3.42. The maximum Gasteiger partial charge on any atom is 1.00 e. The van der Waals surface area contributed by atoms with E-state index in [9.17, 15) is 9.59 Å². The average molecular weight is 246 g/mol. The Labute approximate surface area is 120 Å². The number of hydrogen-bond donors (Lipinski definition) is 0. The molecule has 6 heteroatoms. The third-order valence-electron chi connectivity index (χ3n) is 1.98. The molecule has 0 atom stereocenters. The van der Waals surface area contributed by atoms with E-state index >= 15 is 0 Å². The van der Waals surface area contributed by atoms with Gasteiger partial charge in [0.05, 0.1) is 5.56 Å². The summed E-state index contributed by atoms with van der Waals surface area (Å²) < 4.78 is 9.69. The molecular weight excluding hydrogens is 239 g/mol. The van der Waals surface area contributed by atoms with Crippen molar-refractivity contribution in [3.63, 3.8) is 0 Å². The maximum atomic E-state index is 11.5. The fourth-order valence-electron chi connectivity index (χ4n) is 1.25. The first kappa shape index (κ1) is 13.4. The van der Waals surface area contributed by atoms with E-state index in [1.165, 1.54) is 18.2 Å². The van der Waals surface area contributed by atoms with Crippen molar-refractivity contribution in [1.29, 1.82) is 0 Å². The van der Waals surface area contributed by atoms with Crippen LogP contribution in [0, 0.1) is 0 Å². The fraction of sp³-hybridized carbons (Fsp3) is 0.200. The van der Waals surface area contributed by atoms with Gasteiger partial charge in [0, 0.05) is 5.56 Å². The van der Waals surface area contributed by atoms with Crippen molar-refractivity contribution in [1.82, 2.24) is 0 Å². The van der Waals surface area contributed by atoms with Gasteiger partial charge < -0.3 is 22.1 Å². The summed E-state index contributed by atoms with van der Waals surface area (Å²) in [5.74, 6) is -0.982. The third-order valence-corrected chi connectivity index (χ3v) is 2.34. The molecule has 1 aromatic carbocycles. The molecule has 0 N–H and O–H groups in total. The quantitative estimate of drug-likeness (QED) is 0.299. The molecule has 0 fully saturated rings. The zero-order valence-corrected chi connectivity index (χ0v) is 11.5. The molecule has 0 saturated heterocycles. The Morgan fingerprint density at radius 3 is 2.38 bits per heavy atom. The topological polar surface area (TPSA) is 52.6 Å². The smallest absolute Gasteiger partial charge is 0.779 e. The van der Waals surface area contributed by atoms with Crippen LogP contribution in [0.3, 0.4) is 0 Å². The zero-order chi connectivity index (χ0) is 10.8. The van der Waals surface area contributed by atoms with Crippen molar-refractivity contribution in [3.8, 4) is 0 Å². The normalized spacial score (nSPS) is 14.8. The van der Waals surface area contributed by atoms with E-state index in [4.69, 9.17) is 22.1 Å². The summed E-state index contributed by atoms with van der Waals surface area (Å²) in [4.78, 5) is 23.2. The van der Waals surface area contributed by atoms with Gasteiger partial charge in [0.2, 0.25) is 0 Å². The standard InChI is InChI=1S/C10H8O4S.Na/c11-9-6-1-2-8(15)7(5-6)10(12)14-4-3-13-9;/h1-2,5,15H,3-4H2;/q;+1/p-1. The Bertz CT molecular complexity index is 433. The van der Waals surface area contributed by atoms with E-state index in [0.717, 1.165) is 0 Å². The van der Waals surface area contributed by atoms with E-state index in [2.05, 4.69) is 0 Å². The molecule has 0 unspecified atom stereocenters. The van der Waals surface area contributed by atoms with Crippen molar-refractivity contribution in [2.75, 3.05) is 13.2 Å². The first-order chi connectivity index (χ1) is 7.18. The first-order valence-electron chi connectivity index (χ1n) is 4.34. The minimum Gasteiger partial charge on any atom is -0.779 e.